The molecular formula is C27H28Cl2N2O5. The molecule has 36 heavy (non-hydrogen) atoms. The monoisotopic (exact) mass is 530 g/mol. The van der Waals surface area contributed by atoms with Gasteiger partial charge in [0.2, 0.25) is 5.88 Å². The van der Waals surface area contributed by atoms with Crippen LogP contribution in [0.2, 0.25) is 10.0 Å². The number of nitrogens with zero attached hydrogens (tertiary/aromatic N) is 2. The van der Waals surface area contributed by atoms with E-state index in [1.54, 1.807) is 43.3 Å². The number of hydrogen-bond donors (Lipinski definition) is 1. The van der Waals surface area contributed by atoms with Crippen molar-refractivity contribution in [1.82, 2.24) is 10.1 Å². The first kappa shape index (κ1) is 27.3. The SMILES string of the molecule is CC.CCCc1nc(Oc2ccc(Cl)cc2)ccc1-c1noc2cc(Cl)c(OC(C)C(=O)O)c(C)c12. The van der Waals surface area contributed by atoms with Crippen molar-refractivity contribution in [3.05, 3.63) is 63.8 Å². The maximum absolute atomic E-state index is 11.3. The van der Waals surface area contributed by atoms with Gasteiger partial charge >= 0.3 is 5.97 Å². The van der Waals surface area contributed by atoms with E-state index in [1.165, 1.54) is 6.92 Å². The summed E-state index contributed by atoms with van der Waals surface area (Å²) in [5.41, 5.74) is 3.25. The summed E-state index contributed by atoms with van der Waals surface area (Å²) in [5.74, 6) is 0.258. The number of ether oxygens (including phenoxy) is 2. The van der Waals surface area contributed by atoms with Crippen molar-refractivity contribution in [2.24, 2.45) is 0 Å². The molecule has 190 valence electrons. The van der Waals surface area contributed by atoms with Crippen molar-refractivity contribution >= 4 is 40.1 Å². The van der Waals surface area contributed by atoms with Crippen LogP contribution < -0.4 is 9.47 Å². The number of aromatic nitrogens is 2. The molecule has 4 aromatic rings. The van der Waals surface area contributed by atoms with Gasteiger partial charge in [-0.05, 0) is 50.6 Å². The van der Waals surface area contributed by atoms with Gasteiger partial charge < -0.3 is 19.1 Å². The van der Waals surface area contributed by atoms with Crippen molar-refractivity contribution in [3.8, 4) is 28.6 Å². The topological polar surface area (TPSA) is 94.7 Å². The zero-order valence-corrected chi connectivity index (χ0v) is 22.3. The fourth-order valence-electron chi connectivity index (χ4n) is 3.60. The van der Waals surface area contributed by atoms with E-state index in [4.69, 9.17) is 42.2 Å². The first-order valence-electron chi connectivity index (χ1n) is 11.7. The van der Waals surface area contributed by atoms with Gasteiger partial charge in [-0.1, -0.05) is 55.6 Å². The van der Waals surface area contributed by atoms with Gasteiger partial charge in [-0.2, -0.15) is 0 Å². The second-order valence-corrected chi connectivity index (χ2v) is 8.61. The molecule has 0 saturated heterocycles. The number of pyridine rings is 1. The van der Waals surface area contributed by atoms with E-state index in [2.05, 4.69) is 12.1 Å². The molecule has 1 N–H and O–H groups in total. The highest BCUT2D eigenvalue weighted by Crippen LogP contribution is 2.41. The zero-order chi connectivity index (χ0) is 26.4. The van der Waals surface area contributed by atoms with Gasteiger partial charge in [0.05, 0.1) is 16.1 Å². The fraction of sp³-hybridized carbons (Fsp3) is 0.296. The molecule has 2 aromatic carbocycles. The van der Waals surface area contributed by atoms with E-state index in [0.717, 1.165) is 17.7 Å². The van der Waals surface area contributed by atoms with Crippen molar-refractivity contribution in [1.29, 1.82) is 0 Å². The van der Waals surface area contributed by atoms with Crippen LogP contribution in [0.3, 0.4) is 0 Å². The number of halogens is 2. The molecule has 0 saturated carbocycles. The predicted molar refractivity (Wildman–Crippen MR) is 142 cm³/mol. The fourth-order valence-corrected chi connectivity index (χ4v) is 4.01. The lowest BCUT2D eigenvalue weighted by molar-refractivity contribution is -0.144. The lowest BCUT2D eigenvalue weighted by Gasteiger charge is -2.15. The van der Waals surface area contributed by atoms with E-state index in [-0.39, 0.29) is 10.8 Å². The Labute approximate surface area is 219 Å². The average molecular weight is 531 g/mol. The summed E-state index contributed by atoms with van der Waals surface area (Å²) >= 11 is 12.3. The molecule has 0 radical (unpaired) electrons. The lowest BCUT2D eigenvalue weighted by Crippen LogP contribution is -2.23. The highest BCUT2D eigenvalue weighted by Gasteiger charge is 2.24. The third-order valence-electron chi connectivity index (χ3n) is 5.28. The quantitative estimate of drug-likeness (QED) is 0.245. The number of carbonyl (C=O) groups is 1. The summed E-state index contributed by atoms with van der Waals surface area (Å²) < 4.78 is 17.1. The Hall–Kier alpha value is -3.29. The number of fused-ring (bicyclic) bond motifs is 1. The lowest BCUT2D eigenvalue weighted by atomic mass is 10.0. The number of benzene rings is 2. The van der Waals surface area contributed by atoms with Crippen molar-refractivity contribution in [2.45, 2.75) is 53.6 Å². The second-order valence-electron chi connectivity index (χ2n) is 7.76. The molecule has 0 bridgehead atoms. The molecule has 0 spiro atoms. The third-order valence-corrected chi connectivity index (χ3v) is 5.81. The van der Waals surface area contributed by atoms with E-state index >= 15 is 0 Å². The third kappa shape index (κ3) is 5.91. The molecule has 0 aliphatic carbocycles. The van der Waals surface area contributed by atoms with E-state index in [9.17, 15) is 9.90 Å². The van der Waals surface area contributed by atoms with Crippen molar-refractivity contribution < 1.29 is 23.9 Å². The van der Waals surface area contributed by atoms with Crippen LogP contribution in [0.15, 0.2) is 47.0 Å². The Morgan fingerprint density at radius 2 is 1.83 bits per heavy atom. The zero-order valence-electron chi connectivity index (χ0n) is 20.8. The second kappa shape index (κ2) is 12.1. The molecule has 2 aromatic heterocycles. The number of rotatable bonds is 8. The number of carboxylic acid groups (broad SMARTS) is 1. The van der Waals surface area contributed by atoms with Gasteiger partial charge in [0.25, 0.3) is 0 Å². The van der Waals surface area contributed by atoms with Crippen LogP contribution in [0, 0.1) is 6.92 Å². The highest BCUT2D eigenvalue weighted by molar-refractivity contribution is 6.33. The molecule has 4 rings (SSSR count). The maximum atomic E-state index is 11.3. The number of carboxylic acids is 1. The largest absolute Gasteiger partial charge is 0.479 e. The molecule has 1 unspecified atom stereocenters. The minimum absolute atomic E-state index is 0.249. The normalized spacial score (nSPS) is 11.5. The molecule has 2 heterocycles. The van der Waals surface area contributed by atoms with Crippen LogP contribution in [0.1, 0.15) is 45.4 Å². The number of hydrogen-bond acceptors (Lipinski definition) is 6. The van der Waals surface area contributed by atoms with E-state index in [0.29, 0.717) is 45.3 Å². The number of aryl methyl sites for hydroxylation is 2. The number of aliphatic carboxylic acids is 1. The predicted octanol–water partition coefficient (Wildman–Crippen LogP) is 8.13. The maximum Gasteiger partial charge on any atom is 0.344 e. The van der Waals surface area contributed by atoms with Crippen molar-refractivity contribution in [2.75, 3.05) is 0 Å². The smallest absolute Gasteiger partial charge is 0.344 e. The van der Waals surface area contributed by atoms with E-state index < -0.39 is 12.1 Å². The molecule has 0 aliphatic rings. The van der Waals surface area contributed by atoms with Crippen LogP contribution in [-0.2, 0) is 11.2 Å². The van der Waals surface area contributed by atoms with Gasteiger partial charge in [-0.25, -0.2) is 9.78 Å². The molecule has 0 aliphatic heterocycles. The van der Waals surface area contributed by atoms with Crippen molar-refractivity contribution in [3.63, 3.8) is 0 Å². The standard InChI is InChI=1S/C25H22Cl2N2O5.C2H6/c1-4-5-19-17(10-11-21(28-19)33-16-8-6-15(26)7-9-16)23-22-13(2)24(32-14(3)25(30)31)18(27)12-20(22)34-29-23;1-2/h6-12,14H,4-5H2,1-3H3,(H,30,31);1-2H3. The molecule has 0 amide bonds. The summed E-state index contributed by atoms with van der Waals surface area (Å²) in [4.78, 5) is 16.0. The molecule has 9 heteroatoms. The van der Waals surface area contributed by atoms with Crippen LogP contribution in [0.4, 0.5) is 0 Å². The first-order valence-corrected chi connectivity index (χ1v) is 12.5. The summed E-state index contributed by atoms with van der Waals surface area (Å²) in [6.07, 6.45) is 0.474. The van der Waals surface area contributed by atoms with Gasteiger partial charge in [0, 0.05) is 28.3 Å². The van der Waals surface area contributed by atoms with Crippen LogP contribution in [0.5, 0.6) is 17.4 Å². The summed E-state index contributed by atoms with van der Waals surface area (Å²) in [7, 11) is 0. The Morgan fingerprint density at radius 3 is 2.47 bits per heavy atom. The Morgan fingerprint density at radius 1 is 1.14 bits per heavy atom. The van der Waals surface area contributed by atoms with Crippen LogP contribution in [-0.4, -0.2) is 27.3 Å². The van der Waals surface area contributed by atoms with E-state index in [1.807, 2.05) is 19.9 Å². The Kier molecular flexibility index (Phi) is 9.18. The minimum Gasteiger partial charge on any atom is -0.479 e. The van der Waals surface area contributed by atoms with Crippen LogP contribution in [0.25, 0.3) is 22.2 Å². The summed E-state index contributed by atoms with van der Waals surface area (Å²) in [5, 5.41) is 15.1. The summed E-state index contributed by atoms with van der Waals surface area (Å²) in [6, 6.07) is 12.3. The van der Waals surface area contributed by atoms with Gasteiger partial charge in [-0.15, -0.1) is 0 Å². The Balaban J connectivity index is 0.00000176. The summed E-state index contributed by atoms with van der Waals surface area (Å²) in [6.45, 7) is 9.30. The average Bonchev–Trinajstić information content (AvgIpc) is 3.28. The first-order chi connectivity index (χ1) is 17.3. The molecule has 1 atom stereocenters. The van der Waals surface area contributed by atoms with Gasteiger partial charge in [-0.3, -0.25) is 0 Å². The van der Waals surface area contributed by atoms with Gasteiger partial charge in [0.15, 0.2) is 11.7 Å². The highest BCUT2D eigenvalue weighted by atomic mass is 35.5. The van der Waals surface area contributed by atoms with Crippen LogP contribution >= 0.6 is 23.2 Å². The Bertz CT molecular complexity index is 1350. The minimum atomic E-state index is -1.09. The van der Waals surface area contributed by atoms with Gasteiger partial charge in [0.1, 0.15) is 17.2 Å². The molecule has 0 fully saturated rings. The molecular weight excluding hydrogens is 503 g/mol. The molecule has 7 nitrogen and oxygen atoms in total.